The number of hydrogen-bond donors (Lipinski definition) is 0. The van der Waals surface area contributed by atoms with Gasteiger partial charge in [-0.2, -0.15) is 0 Å². The van der Waals surface area contributed by atoms with Crippen molar-refractivity contribution >= 4 is 38.9 Å². The van der Waals surface area contributed by atoms with Gasteiger partial charge in [-0.3, -0.25) is 0 Å². The van der Waals surface area contributed by atoms with Crippen molar-refractivity contribution in [2.24, 2.45) is 5.92 Å². The largest absolute Gasteiger partial charge is 0.375 e. The summed E-state index contributed by atoms with van der Waals surface area (Å²) < 4.78 is 7.00. The highest BCUT2D eigenvalue weighted by Crippen LogP contribution is 2.48. The summed E-state index contributed by atoms with van der Waals surface area (Å²) in [6.07, 6.45) is 4.49. The average Bonchev–Trinajstić information content (AvgIpc) is 2.90. The summed E-state index contributed by atoms with van der Waals surface area (Å²) in [7, 11) is 0. The third-order valence-corrected chi connectivity index (χ3v) is 5.79. The van der Waals surface area contributed by atoms with E-state index in [9.17, 15) is 0 Å². The third kappa shape index (κ3) is 1.88. The van der Waals surface area contributed by atoms with Crippen LogP contribution in [0.1, 0.15) is 29.5 Å². The lowest BCUT2D eigenvalue weighted by molar-refractivity contribution is 0.0920. The molecule has 15 heavy (non-hydrogen) atoms. The Kier molecular flexibility index (Phi) is 2.84. The normalized spacial score (nSPS) is 36.0. The predicted octanol–water partition coefficient (Wildman–Crippen LogP) is 4.36. The fraction of sp³-hybridized carbons (Fsp3) is 0.636. The summed E-state index contributed by atoms with van der Waals surface area (Å²) in [6.45, 7) is 0. The maximum absolute atomic E-state index is 6.53. The minimum atomic E-state index is 0.136. The lowest BCUT2D eigenvalue weighted by atomic mass is 9.86. The highest BCUT2D eigenvalue weighted by Gasteiger charge is 2.44. The van der Waals surface area contributed by atoms with Gasteiger partial charge in [0, 0.05) is 10.8 Å². The Morgan fingerprint density at radius 2 is 2.33 bits per heavy atom. The van der Waals surface area contributed by atoms with Crippen molar-refractivity contribution in [1.82, 2.24) is 0 Å². The van der Waals surface area contributed by atoms with E-state index in [1.54, 1.807) is 11.3 Å². The van der Waals surface area contributed by atoms with E-state index in [4.69, 9.17) is 16.3 Å². The molecule has 0 radical (unpaired) electrons. The van der Waals surface area contributed by atoms with E-state index in [1.165, 1.54) is 17.7 Å². The van der Waals surface area contributed by atoms with Gasteiger partial charge in [0.25, 0.3) is 0 Å². The standard InChI is InChI=1S/C11H12BrClOS/c12-10-4-3-9(15-10)11(13)7-5-6-1-2-8(7)14-6/h3-4,6-8,11H,1-2,5H2. The van der Waals surface area contributed by atoms with Crippen molar-refractivity contribution in [2.75, 3.05) is 0 Å². The Hall–Kier alpha value is 0.430. The fourth-order valence-electron chi connectivity index (χ4n) is 2.67. The molecule has 2 aliphatic heterocycles. The zero-order valence-electron chi connectivity index (χ0n) is 8.16. The van der Waals surface area contributed by atoms with E-state index >= 15 is 0 Å². The predicted molar refractivity (Wildman–Crippen MR) is 66.6 cm³/mol. The van der Waals surface area contributed by atoms with Gasteiger partial charge in [-0.1, -0.05) is 0 Å². The Morgan fingerprint density at radius 1 is 1.47 bits per heavy atom. The first-order valence-corrected chi connectivity index (χ1v) is 7.33. The molecule has 0 N–H and O–H groups in total. The monoisotopic (exact) mass is 306 g/mol. The summed E-state index contributed by atoms with van der Waals surface area (Å²) in [5.74, 6) is 0.524. The van der Waals surface area contributed by atoms with Gasteiger partial charge in [0.15, 0.2) is 0 Å². The van der Waals surface area contributed by atoms with Gasteiger partial charge in [-0.15, -0.1) is 22.9 Å². The van der Waals surface area contributed by atoms with Crippen LogP contribution in [0.2, 0.25) is 0 Å². The van der Waals surface area contributed by atoms with Crippen molar-refractivity contribution in [3.8, 4) is 0 Å². The Morgan fingerprint density at radius 3 is 2.87 bits per heavy atom. The molecular weight excluding hydrogens is 296 g/mol. The smallest absolute Gasteiger partial charge is 0.0732 e. The number of ether oxygens (including phenoxy) is 1. The SMILES string of the molecule is ClC(c1ccc(Br)s1)C1CC2CCC1O2. The highest BCUT2D eigenvalue weighted by atomic mass is 79.9. The van der Waals surface area contributed by atoms with E-state index in [0.29, 0.717) is 18.1 Å². The van der Waals surface area contributed by atoms with Gasteiger partial charge in [0.1, 0.15) is 0 Å². The Bertz CT molecular complexity index is 367. The van der Waals surface area contributed by atoms with Crippen LogP contribution in [0.15, 0.2) is 15.9 Å². The zero-order chi connectivity index (χ0) is 10.4. The van der Waals surface area contributed by atoms with E-state index < -0.39 is 0 Å². The molecule has 1 aromatic heterocycles. The zero-order valence-corrected chi connectivity index (χ0v) is 11.3. The number of hydrogen-bond acceptors (Lipinski definition) is 2. The molecule has 2 aliphatic rings. The minimum Gasteiger partial charge on any atom is -0.375 e. The molecule has 82 valence electrons. The van der Waals surface area contributed by atoms with E-state index in [-0.39, 0.29) is 5.38 Å². The van der Waals surface area contributed by atoms with Crippen molar-refractivity contribution in [2.45, 2.75) is 36.8 Å². The lowest BCUT2D eigenvalue weighted by Crippen LogP contribution is -2.20. The maximum Gasteiger partial charge on any atom is 0.0732 e. The Balaban J connectivity index is 1.77. The van der Waals surface area contributed by atoms with Crippen LogP contribution in [0.5, 0.6) is 0 Å². The van der Waals surface area contributed by atoms with Crippen LogP contribution < -0.4 is 0 Å². The van der Waals surface area contributed by atoms with E-state index in [2.05, 4.69) is 28.1 Å². The molecule has 1 aromatic rings. The molecule has 4 heteroatoms. The molecule has 3 rings (SSSR count). The summed E-state index contributed by atoms with van der Waals surface area (Å²) in [6, 6.07) is 4.20. The summed E-state index contributed by atoms with van der Waals surface area (Å²) in [4.78, 5) is 1.27. The molecule has 0 aliphatic carbocycles. The van der Waals surface area contributed by atoms with Gasteiger partial charge in [-0.25, -0.2) is 0 Å². The van der Waals surface area contributed by atoms with Crippen LogP contribution in [-0.2, 0) is 4.74 Å². The molecule has 0 aromatic carbocycles. The van der Waals surface area contributed by atoms with Crippen molar-refractivity contribution in [3.63, 3.8) is 0 Å². The molecule has 0 amide bonds. The molecule has 0 spiro atoms. The second kappa shape index (κ2) is 4.02. The molecular formula is C11H12BrClOS. The van der Waals surface area contributed by atoms with Crippen molar-refractivity contribution in [3.05, 3.63) is 20.8 Å². The van der Waals surface area contributed by atoms with Gasteiger partial charge in [-0.05, 0) is 47.3 Å². The van der Waals surface area contributed by atoms with Crippen LogP contribution in [0, 0.1) is 5.92 Å². The van der Waals surface area contributed by atoms with Gasteiger partial charge in [0.05, 0.1) is 21.4 Å². The second-order valence-corrected chi connectivity index (χ2v) is 7.28. The summed E-state index contributed by atoms with van der Waals surface area (Å²) in [5, 5.41) is 0.136. The van der Waals surface area contributed by atoms with Gasteiger partial charge < -0.3 is 4.74 Å². The van der Waals surface area contributed by atoms with Crippen LogP contribution in [0.25, 0.3) is 0 Å². The first kappa shape index (κ1) is 10.6. The summed E-state index contributed by atoms with van der Waals surface area (Å²) in [5.41, 5.74) is 0. The quantitative estimate of drug-likeness (QED) is 0.738. The minimum absolute atomic E-state index is 0.136. The second-order valence-electron chi connectivity index (χ2n) is 4.32. The van der Waals surface area contributed by atoms with E-state index in [1.807, 2.05) is 0 Å². The van der Waals surface area contributed by atoms with Crippen LogP contribution >= 0.6 is 38.9 Å². The Labute approximate surface area is 107 Å². The fourth-order valence-corrected chi connectivity index (χ4v) is 4.62. The molecule has 2 fully saturated rings. The van der Waals surface area contributed by atoms with Gasteiger partial charge in [0.2, 0.25) is 0 Å². The van der Waals surface area contributed by atoms with E-state index in [0.717, 1.165) is 10.2 Å². The van der Waals surface area contributed by atoms with Crippen LogP contribution in [0.3, 0.4) is 0 Å². The lowest BCUT2D eigenvalue weighted by Gasteiger charge is -2.22. The maximum atomic E-state index is 6.53. The highest BCUT2D eigenvalue weighted by molar-refractivity contribution is 9.11. The molecule has 0 saturated carbocycles. The topological polar surface area (TPSA) is 9.23 Å². The molecule has 4 unspecified atom stereocenters. The number of rotatable bonds is 2. The number of fused-ring (bicyclic) bond motifs is 2. The van der Waals surface area contributed by atoms with Crippen LogP contribution in [-0.4, -0.2) is 12.2 Å². The average molecular weight is 308 g/mol. The third-order valence-electron chi connectivity index (χ3n) is 3.39. The molecule has 1 nitrogen and oxygen atoms in total. The first-order valence-electron chi connectivity index (χ1n) is 5.29. The molecule has 2 saturated heterocycles. The van der Waals surface area contributed by atoms with Crippen LogP contribution in [0.4, 0.5) is 0 Å². The molecule has 4 atom stereocenters. The first-order chi connectivity index (χ1) is 7.24. The summed E-state index contributed by atoms with van der Waals surface area (Å²) >= 11 is 11.7. The van der Waals surface area contributed by atoms with Crippen molar-refractivity contribution in [1.29, 1.82) is 0 Å². The van der Waals surface area contributed by atoms with Gasteiger partial charge >= 0.3 is 0 Å². The molecule has 2 bridgehead atoms. The number of thiophene rings is 1. The van der Waals surface area contributed by atoms with Crippen molar-refractivity contribution < 1.29 is 4.74 Å². The number of halogens is 2. The molecule has 3 heterocycles. The number of alkyl halides is 1.